The van der Waals surface area contributed by atoms with Gasteiger partial charge < -0.3 is 16.4 Å². The molecular weight excluding hydrogens is 230 g/mol. The van der Waals surface area contributed by atoms with Gasteiger partial charge >= 0.3 is 0 Å². The molecule has 0 aromatic heterocycles. The standard InChI is InChI=1S/C13H19N3O2/c1-4-11(14)13(18)16-10-5-6-12(8(2)7-10)15-9(3)17/h5-7,11H,4,14H2,1-3H3,(H,15,17)(H,16,18)/t11-/m1/s1. The van der Waals surface area contributed by atoms with E-state index in [0.29, 0.717) is 12.1 Å². The van der Waals surface area contributed by atoms with Gasteiger partial charge in [0.05, 0.1) is 6.04 Å². The molecule has 5 heteroatoms. The van der Waals surface area contributed by atoms with Crippen LogP contribution in [0.3, 0.4) is 0 Å². The summed E-state index contributed by atoms with van der Waals surface area (Å²) in [5.74, 6) is -0.327. The fourth-order valence-electron chi connectivity index (χ4n) is 1.49. The number of anilines is 2. The smallest absolute Gasteiger partial charge is 0.241 e. The van der Waals surface area contributed by atoms with Crippen LogP contribution in [0.4, 0.5) is 11.4 Å². The van der Waals surface area contributed by atoms with Crippen molar-refractivity contribution in [1.82, 2.24) is 0 Å². The van der Waals surface area contributed by atoms with Gasteiger partial charge in [-0.1, -0.05) is 6.92 Å². The molecule has 18 heavy (non-hydrogen) atoms. The molecule has 0 saturated heterocycles. The highest BCUT2D eigenvalue weighted by Gasteiger charge is 2.11. The first-order valence-electron chi connectivity index (χ1n) is 5.88. The fourth-order valence-corrected chi connectivity index (χ4v) is 1.49. The van der Waals surface area contributed by atoms with Gasteiger partial charge in [0.25, 0.3) is 0 Å². The average Bonchev–Trinajstić information content (AvgIpc) is 2.31. The largest absolute Gasteiger partial charge is 0.326 e. The second-order valence-corrected chi connectivity index (χ2v) is 4.21. The second-order valence-electron chi connectivity index (χ2n) is 4.21. The Morgan fingerprint density at radius 2 is 2.00 bits per heavy atom. The number of amides is 2. The topological polar surface area (TPSA) is 84.2 Å². The average molecular weight is 249 g/mol. The van der Waals surface area contributed by atoms with Gasteiger partial charge in [0.2, 0.25) is 11.8 Å². The van der Waals surface area contributed by atoms with Crippen LogP contribution in [0, 0.1) is 6.92 Å². The molecule has 0 saturated carbocycles. The third-order valence-corrected chi connectivity index (χ3v) is 2.58. The lowest BCUT2D eigenvalue weighted by molar-refractivity contribution is -0.117. The second kappa shape index (κ2) is 6.16. The minimum Gasteiger partial charge on any atom is -0.326 e. The van der Waals surface area contributed by atoms with E-state index in [1.807, 2.05) is 13.8 Å². The SMILES string of the molecule is CC[C@@H](N)C(=O)Nc1ccc(NC(C)=O)c(C)c1. The summed E-state index contributed by atoms with van der Waals surface area (Å²) in [7, 11) is 0. The van der Waals surface area contributed by atoms with Crippen LogP contribution in [0.1, 0.15) is 25.8 Å². The summed E-state index contributed by atoms with van der Waals surface area (Å²) < 4.78 is 0. The van der Waals surface area contributed by atoms with Crippen LogP contribution in [-0.2, 0) is 9.59 Å². The van der Waals surface area contributed by atoms with E-state index in [1.54, 1.807) is 18.2 Å². The molecule has 0 aliphatic carbocycles. The summed E-state index contributed by atoms with van der Waals surface area (Å²) in [5.41, 5.74) is 7.92. The van der Waals surface area contributed by atoms with Gasteiger partial charge in [0.15, 0.2) is 0 Å². The quantitative estimate of drug-likeness (QED) is 0.758. The van der Waals surface area contributed by atoms with Crippen LogP contribution in [0.5, 0.6) is 0 Å². The molecule has 4 N–H and O–H groups in total. The predicted octanol–water partition coefficient (Wildman–Crippen LogP) is 1.63. The lowest BCUT2D eigenvalue weighted by atomic mass is 10.1. The number of carbonyl (C=O) groups excluding carboxylic acids is 2. The minimum atomic E-state index is -0.500. The zero-order chi connectivity index (χ0) is 13.7. The first kappa shape index (κ1) is 14.2. The molecule has 0 radical (unpaired) electrons. The first-order chi connectivity index (χ1) is 8.43. The molecule has 98 valence electrons. The molecule has 0 unspecified atom stereocenters. The molecule has 1 rings (SSSR count). The molecule has 0 aliphatic heterocycles. The zero-order valence-electron chi connectivity index (χ0n) is 10.9. The normalized spacial score (nSPS) is 11.8. The van der Waals surface area contributed by atoms with Crippen molar-refractivity contribution in [2.45, 2.75) is 33.2 Å². The van der Waals surface area contributed by atoms with Gasteiger partial charge in [-0.15, -0.1) is 0 Å². The number of hydrogen-bond acceptors (Lipinski definition) is 3. The number of hydrogen-bond donors (Lipinski definition) is 3. The van der Waals surface area contributed by atoms with Crippen molar-refractivity contribution < 1.29 is 9.59 Å². The molecule has 0 heterocycles. The lowest BCUT2D eigenvalue weighted by Crippen LogP contribution is -2.34. The van der Waals surface area contributed by atoms with E-state index < -0.39 is 6.04 Å². The summed E-state index contributed by atoms with van der Waals surface area (Å²) in [6.07, 6.45) is 0.592. The third kappa shape index (κ3) is 3.85. The van der Waals surface area contributed by atoms with E-state index >= 15 is 0 Å². The van der Waals surface area contributed by atoms with Crippen molar-refractivity contribution in [3.8, 4) is 0 Å². The monoisotopic (exact) mass is 249 g/mol. The highest BCUT2D eigenvalue weighted by atomic mass is 16.2. The molecule has 1 atom stereocenters. The third-order valence-electron chi connectivity index (χ3n) is 2.58. The van der Waals surface area contributed by atoms with Crippen LogP contribution in [0.25, 0.3) is 0 Å². The van der Waals surface area contributed by atoms with Crippen LogP contribution in [0.2, 0.25) is 0 Å². The Hall–Kier alpha value is -1.88. The molecular formula is C13H19N3O2. The maximum atomic E-state index is 11.6. The lowest BCUT2D eigenvalue weighted by Gasteiger charge is -2.12. The van der Waals surface area contributed by atoms with Crippen molar-refractivity contribution in [1.29, 1.82) is 0 Å². The van der Waals surface area contributed by atoms with Crippen molar-refractivity contribution in [3.63, 3.8) is 0 Å². The van der Waals surface area contributed by atoms with Gasteiger partial charge in [-0.2, -0.15) is 0 Å². The highest BCUT2D eigenvalue weighted by Crippen LogP contribution is 2.19. The van der Waals surface area contributed by atoms with E-state index in [1.165, 1.54) is 6.92 Å². The van der Waals surface area contributed by atoms with Gasteiger partial charge in [-0.05, 0) is 37.1 Å². The van der Waals surface area contributed by atoms with Gasteiger partial charge in [0.1, 0.15) is 0 Å². The summed E-state index contributed by atoms with van der Waals surface area (Å²) >= 11 is 0. The van der Waals surface area contributed by atoms with Gasteiger partial charge in [-0.3, -0.25) is 9.59 Å². The van der Waals surface area contributed by atoms with Crippen molar-refractivity contribution >= 4 is 23.2 Å². The molecule has 2 amide bonds. The van der Waals surface area contributed by atoms with E-state index in [2.05, 4.69) is 10.6 Å². The minimum absolute atomic E-state index is 0.122. The van der Waals surface area contributed by atoms with Gasteiger partial charge in [0, 0.05) is 18.3 Å². The molecule has 1 aromatic carbocycles. The Morgan fingerprint density at radius 1 is 1.33 bits per heavy atom. The Morgan fingerprint density at radius 3 is 2.50 bits per heavy atom. The van der Waals surface area contributed by atoms with Crippen LogP contribution >= 0.6 is 0 Å². The van der Waals surface area contributed by atoms with Crippen molar-refractivity contribution in [2.24, 2.45) is 5.73 Å². The number of rotatable bonds is 4. The van der Waals surface area contributed by atoms with E-state index in [-0.39, 0.29) is 11.8 Å². The first-order valence-corrected chi connectivity index (χ1v) is 5.88. The van der Waals surface area contributed by atoms with E-state index in [9.17, 15) is 9.59 Å². The number of nitrogens with one attached hydrogen (secondary N) is 2. The van der Waals surface area contributed by atoms with E-state index in [0.717, 1.165) is 11.3 Å². The molecule has 0 bridgehead atoms. The Kier molecular flexibility index (Phi) is 4.85. The number of aryl methyl sites for hydroxylation is 1. The summed E-state index contributed by atoms with van der Waals surface area (Å²) in [4.78, 5) is 22.6. The number of benzene rings is 1. The molecule has 0 aliphatic rings. The van der Waals surface area contributed by atoms with E-state index in [4.69, 9.17) is 5.73 Å². The Balaban J connectivity index is 2.78. The summed E-state index contributed by atoms with van der Waals surface area (Å²) in [5, 5.41) is 5.45. The fraction of sp³-hybridized carbons (Fsp3) is 0.385. The van der Waals surface area contributed by atoms with Gasteiger partial charge in [-0.25, -0.2) is 0 Å². The molecule has 0 fully saturated rings. The van der Waals surface area contributed by atoms with Crippen LogP contribution < -0.4 is 16.4 Å². The highest BCUT2D eigenvalue weighted by molar-refractivity contribution is 5.95. The molecule has 0 spiro atoms. The Labute approximate surface area is 107 Å². The maximum absolute atomic E-state index is 11.6. The molecule has 5 nitrogen and oxygen atoms in total. The Bertz CT molecular complexity index is 458. The zero-order valence-corrected chi connectivity index (χ0v) is 10.9. The van der Waals surface area contributed by atoms with Crippen LogP contribution in [0.15, 0.2) is 18.2 Å². The maximum Gasteiger partial charge on any atom is 0.241 e. The number of carbonyl (C=O) groups is 2. The van der Waals surface area contributed by atoms with Crippen LogP contribution in [-0.4, -0.2) is 17.9 Å². The predicted molar refractivity (Wildman–Crippen MR) is 72.4 cm³/mol. The van der Waals surface area contributed by atoms with Crippen molar-refractivity contribution in [3.05, 3.63) is 23.8 Å². The summed E-state index contributed by atoms with van der Waals surface area (Å²) in [6, 6.07) is 4.79. The number of nitrogens with two attached hydrogens (primary N) is 1. The molecule has 1 aromatic rings. The summed E-state index contributed by atoms with van der Waals surface area (Å²) in [6.45, 7) is 5.17. The van der Waals surface area contributed by atoms with Crippen molar-refractivity contribution in [2.75, 3.05) is 10.6 Å².